The number of carbonyl (C=O) groups excluding carboxylic acids is 1. The van der Waals surface area contributed by atoms with E-state index >= 15 is 0 Å². The Bertz CT molecular complexity index is 233. The molecule has 1 saturated carbocycles. The average Bonchev–Trinajstić information content (AvgIpc) is 2.65. The van der Waals surface area contributed by atoms with Crippen LogP contribution >= 0.6 is 11.8 Å². The summed E-state index contributed by atoms with van der Waals surface area (Å²) in [5.41, 5.74) is 5.72. The molecular formula is C12H24N2OS. The van der Waals surface area contributed by atoms with Crippen molar-refractivity contribution in [2.24, 2.45) is 11.7 Å². The predicted molar refractivity (Wildman–Crippen MR) is 70.5 cm³/mol. The fourth-order valence-electron chi connectivity index (χ4n) is 2.03. The zero-order valence-corrected chi connectivity index (χ0v) is 11.3. The molecule has 0 aromatic heterocycles. The number of thioether (sulfide) groups is 1. The Morgan fingerprint density at radius 3 is 2.75 bits per heavy atom. The minimum atomic E-state index is -0.0853. The van der Waals surface area contributed by atoms with E-state index in [0.717, 1.165) is 18.1 Å². The van der Waals surface area contributed by atoms with E-state index in [4.69, 9.17) is 5.73 Å². The van der Waals surface area contributed by atoms with Crippen molar-refractivity contribution in [1.29, 1.82) is 0 Å². The molecule has 0 saturated heterocycles. The van der Waals surface area contributed by atoms with E-state index in [0.29, 0.717) is 6.04 Å². The standard InChI is InChI=1S/C12H24N2OS/c1-4-16-11-6-5-10(7-11)14-12(15)8(2)9(3)13/h8-11H,4-7,13H2,1-3H3,(H,14,15). The van der Waals surface area contributed by atoms with Crippen molar-refractivity contribution in [1.82, 2.24) is 5.32 Å². The highest BCUT2D eigenvalue weighted by molar-refractivity contribution is 7.99. The Hall–Kier alpha value is -0.220. The van der Waals surface area contributed by atoms with Crippen LogP contribution in [0.1, 0.15) is 40.0 Å². The summed E-state index contributed by atoms with van der Waals surface area (Å²) in [6.45, 7) is 5.97. The molecule has 94 valence electrons. The van der Waals surface area contributed by atoms with Crippen molar-refractivity contribution >= 4 is 17.7 Å². The van der Waals surface area contributed by atoms with Crippen LogP contribution in [0, 0.1) is 5.92 Å². The topological polar surface area (TPSA) is 55.1 Å². The molecule has 1 aliphatic rings. The van der Waals surface area contributed by atoms with Gasteiger partial charge in [-0.2, -0.15) is 11.8 Å². The van der Waals surface area contributed by atoms with Gasteiger partial charge >= 0.3 is 0 Å². The van der Waals surface area contributed by atoms with Crippen LogP contribution in [0.25, 0.3) is 0 Å². The monoisotopic (exact) mass is 244 g/mol. The lowest BCUT2D eigenvalue weighted by atomic mass is 10.0. The number of rotatable bonds is 5. The molecule has 0 bridgehead atoms. The zero-order valence-electron chi connectivity index (χ0n) is 10.5. The summed E-state index contributed by atoms with van der Waals surface area (Å²) in [6, 6.07) is 0.306. The maximum Gasteiger partial charge on any atom is 0.224 e. The maximum absolute atomic E-state index is 11.8. The van der Waals surface area contributed by atoms with Gasteiger partial charge in [0.1, 0.15) is 0 Å². The minimum Gasteiger partial charge on any atom is -0.353 e. The molecular weight excluding hydrogens is 220 g/mol. The van der Waals surface area contributed by atoms with Crippen molar-refractivity contribution in [3.63, 3.8) is 0 Å². The smallest absolute Gasteiger partial charge is 0.224 e. The summed E-state index contributed by atoms with van der Waals surface area (Å²) in [5, 5.41) is 3.85. The Kier molecular flexibility index (Phi) is 5.62. The quantitative estimate of drug-likeness (QED) is 0.775. The first-order chi connectivity index (χ1) is 7.54. The number of hydrogen-bond acceptors (Lipinski definition) is 3. The molecule has 4 heteroatoms. The highest BCUT2D eigenvalue weighted by Crippen LogP contribution is 2.29. The third-order valence-corrected chi connectivity index (χ3v) is 4.57. The molecule has 1 amide bonds. The number of carbonyl (C=O) groups is 1. The average molecular weight is 244 g/mol. The second-order valence-electron chi connectivity index (χ2n) is 4.74. The molecule has 16 heavy (non-hydrogen) atoms. The second-order valence-corrected chi connectivity index (χ2v) is 6.32. The normalized spacial score (nSPS) is 28.8. The van der Waals surface area contributed by atoms with E-state index in [2.05, 4.69) is 12.2 Å². The molecule has 0 heterocycles. The summed E-state index contributed by atoms with van der Waals surface area (Å²) in [7, 11) is 0. The van der Waals surface area contributed by atoms with Crippen LogP contribution in [-0.4, -0.2) is 29.0 Å². The molecule has 3 nitrogen and oxygen atoms in total. The lowest BCUT2D eigenvalue weighted by Crippen LogP contribution is -2.42. The third kappa shape index (κ3) is 3.98. The van der Waals surface area contributed by atoms with Gasteiger partial charge in [-0.25, -0.2) is 0 Å². The molecule has 1 aliphatic carbocycles. The van der Waals surface area contributed by atoms with E-state index in [1.165, 1.54) is 12.2 Å². The van der Waals surface area contributed by atoms with Crippen molar-refractivity contribution in [3.05, 3.63) is 0 Å². The summed E-state index contributed by atoms with van der Waals surface area (Å²) >= 11 is 2.01. The van der Waals surface area contributed by atoms with E-state index < -0.39 is 0 Å². The SMILES string of the molecule is CCSC1CCC(NC(=O)C(C)C(C)N)C1. The van der Waals surface area contributed by atoms with Crippen LogP contribution < -0.4 is 11.1 Å². The molecule has 0 spiro atoms. The summed E-state index contributed by atoms with van der Waals surface area (Å²) in [4.78, 5) is 11.8. The minimum absolute atomic E-state index is 0.0674. The van der Waals surface area contributed by atoms with Gasteiger partial charge in [-0.05, 0) is 31.9 Å². The van der Waals surface area contributed by atoms with Gasteiger partial charge in [0.15, 0.2) is 0 Å². The predicted octanol–water partition coefficient (Wildman–Crippen LogP) is 1.76. The van der Waals surface area contributed by atoms with E-state index in [1.54, 1.807) is 0 Å². The first-order valence-electron chi connectivity index (χ1n) is 6.22. The Labute approximate surface area is 103 Å². The maximum atomic E-state index is 11.8. The molecule has 3 N–H and O–H groups in total. The van der Waals surface area contributed by atoms with Crippen LogP contribution in [0.15, 0.2) is 0 Å². The Balaban J connectivity index is 2.31. The van der Waals surface area contributed by atoms with Crippen molar-refractivity contribution in [3.8, 4) is 0 Å². The van der Waals surface area contributed by atoms with Crippen molar-refractivity contribution < 1.29 is 4.79 Å². The second kappa shape index (κ2) is 6.50. The van der Waals surface area contributed by atoms with Gasteiger partial charge in [-0.3, -0.25) is 4.79 Å². The van der Waals surface area contributed by atoms with Gasteiger partial charge in [0.25, 0.3) is 0 Å². The summed E-state index contributed by atoms with van der Waals surface area (Å²) < 4.78 is 0. The van der Waals surface area contributed by atoms with Crippen molar-refractivity contribution in [2.45, 2.75) is 57.4 Å². The molecule has 0 radical (unpaired) electrons. The lowest BCUT2D eigenvalue weighted by Gasteiger charge is -2.19. The van der Waals surface area contributed by atoms with Gasteiger partial charge in [-0.15, -0.1) is 0 Å². The zero-order chi connectivity index (χ0) is 12.1. The van der Waals surface area contributed by atoms with E-state index in [1.807, 2.05) is 25.6 Å². The van der Waals surface area contributed by atoms with Gasteiger partial charge in [0, 0.05) is 23.3 Å². The van der Waals surface area contributed by atoms with Gasteiger partial charge in [-0.1, -0.05) is 13.8 Å². The molecule has 1 rings (SSSR count). The molecule has 4 unspecified atom stereocenters. The van der Waals surface area contributed by atoms with Gasteiger partial charge in [0.2, 0.25) is 5.91 Å². The summed E-state index contributed by atoms with van der Waals surface area (Å²) in [5.74, 6) is 1.20. The Morgan fingerprint density at radius 2 is 2.19 bits per heavy atom. The molecule has 0 aliphatic heterocycles. The van der Waals surface area contributed by atoms with E-state index in [9.17, 15) is 4.79 Å². The number of nitrogens with two attached hydrogens (primary N) is 1. The third-order valence-electron chi connectivity index (χ3n) is 3.34. The van der Waals surface area contributed by atoms with Crippen LogP contribution in [0.2, 0.25) is 0 Å². The molecule has 1 fully saturated rings. The van der Waals surface area contributed by atoms with Crippen LogP contribution in [0.4, 0.5) is 0 Å². The highest BCUT2D eigenvalue weighted by Gasteiger charge is 2.27. The van der Waals surface area contributed by atoms with Crippen LogP contribution in [0.3, 0.4) is 0 Å². The largest absolute Gasteiger partial charge is 0.353 e. The van der Waals surface area contributed by atoms with Crippen LogP contribution in [0.5, 0.6) is 0 Å². The van der Waals surface area contributed by atoms with Crippen molar-refractivity contribution in [2.75, 3.05) is 5.75 Å². The molecule has 0 aromatic carbocycles. The lowest BCUT2D eigenvalue weighted by molar-refractivity contribution is -0.125. The van der Waals surface area contributed by atoms with Crippen LogP contribution in [-0.2, 0) is 4.79 Å². The fourth-order valence-corrected chi connectivity index (χ4v) is 3.17. The number of amides is 1. The number of hydrogen-bond donors (Lipinski definition) is 2. The molecule has 0 aromatic rings. The first-order valence-corrected chi connectivity index (χ1v) is 7.27. The highest BCUT2D eigenvalue weighted by atomic mass is 32.2. The number of nitrogens with one attached hydrogen (secondary N) is 1. The summed E-state index contributed by atoms with van der Waals surface area (Å²) in [6.07, 6.45) is 3.47. The van der Waals surface area contributed by atoms with E-state index in [-0.39, 0.29) is 17.9 Å². The first kappa shape index (κ1) is 13.8. The Morgan fingerprint density at radius 1 is 1.50 bits per heavy atom. The fraction of sp³-hybridized carbons (Fsp3) is 0.917. The van der Waals surface area contributed by atoms with Gasteiger partial charge in [0.05, 0.1) is 0 Å². The molecule has 4 atom stereocenters. The van der Waals surface area contributed by atoms with Gasteiger partial charge < -0.3 is 11.1 Å².